The fourth-order valence-electron chi connectivity index (χ4n) is 3.55. The highest BCUT2D eigenvalue weighted by Crippen LogP contribution is 2.39. The topological polar surface area (TPSA) is 73.3 Å². The quantitative estimate of drug-likeness (QED) is 0.699. The lowest BCUT2D eigenvalue weighted by atomic mass is 10.0. The van der Waals surface area contributed by atoms with Crippen LogP contribution < -0.4 is 14.8 Å². The lowest BCUT2D eigenvalue weighted by Crippen LogP contribution is -2.34. The Morgan fingerprint density at radius 1 is 1.30 bits per heavy atom. The Bertz CT molecular complexity index is 1120. The first-order valence-corrected chi connectivity index (χ1v) is 9.66. The van der Waals surface area contributed by atoms with Crippen molar-refractivity contribution in [2.75, 3.05) is 13.7 Å². The van der Waals surface area contributed by atoms with Crippen LogP contribution in [-0.2, 0) is 6.42 Å². The number of methoxy groups -OCH3 is 1. The van der Waals surface area contributed by atoms with Gasteiger partial charge in [0.25, 0.3) is 5.91 Å². The summed E-state index contributed by atoms with van der Waals surface area (Å²) in [5, 5.41) is 2.88. The number of hydrogen-bond acceptors (Lipinski definition) is 5. The van der Waals surface area contributed by atoms with E-state index in [0.717, 1.165) is 11.3 Å². The molecule has 1 aliphatic heterocycles. The Morgan fingerprint density at radius 3 is 2.93 bits per heavy atom. The monoisotopic (exact) mass is 407 g/mol. The number of rotatable bonds is 5. The summed E-state index contributed by atoms with van der Waals surface area (Å²) in [5.41, 5.74) is 3.89. The van der Waals surface area contributed by atoms with E-state index in [-0.39, 0.29) is 17.8 Å². The summed E-state index contributed by atoms with van der Waals surface area (Å²) in [6.45, 7) is 3.97. The van der Waals surface area contributed by atoms with E-state index in [2.05, 4.69) is 15.3 Å². The van der Waals surface area contributed by atoms with Crippen molar-refractivity contribution in [1.29, 1.82) is 0 Å². The van der Waals surface area contributed by atoms with Crippen molar-refractivity contribution in [3.63, 3.8) is 0 Å². The van der Waals surface area contributed by atoms with Crippen LogP contribution in [0.25, 0.3) is 11.3 Å². The Kier molecular flexibility index (Phi) is 5.35. The van der Waals surface area contributed by atoms with Crippen molar-refractivity contribution in [2.24, 2.45) is 0 Å². The van der Waals surface area contributed by atoms with Gasteiger partial charge in [0, 0.05) is 29.3 Å². The van der Waals surface area contributed by atoms with Crippen molar-refractivity contribution < 1.29 is 18.7 Å². The predicted octanol–water partition coefficient (Wildman–Crippen LogP) is 3.64. The molecule has 0 spiro atoms. The Balaban J connectivity index is 1.52. The minimum absolute atomic E-state index is 0.222. The van der Waals surface area contributed by atoms with Gasteiger partial charge >= 0.3 is 0 Å². The number of aryl methyl sites for hydroxylation is 2. The molecule has 1 aliphatic rings. The molecule has 154 valence electrons. The molecule has 0 unspecified atom stereocenters. The van der Waals surface area contributed by atoms with Gasteiger partial charge in [0.1, 0.15) is 23.4 Å². The number of aromatic nitrogens is 2. The van der Waals surface area contributed by atoms with Gasteiger partial charge < -0.3 is 14.8 Å². The van der Waals surface area contributed by atoms with Crippen LogP contribution in [0, 0.1) is 19.7 Å². The van der Waals surface area contributed by atoms with Gasteiger partial charge in [0.15, 0.2) is 0 Å². The van der Waals surface area contributed by atoms with Crippen molar-refractivity contribution in [2.45, 2.75) is 26.4 Å². The van der Waals surface area contributed by atoms with Gasteiger partial charge in [-0.15, -0.1) is 0 Å². The van der Waals surface area contributed by atoms with E-state index in [9.17, 15) is 9.18 Å². The van der Waals surface area contributed by atoms with Crippen molar-refractivity contribution in [3.05, 3.63) is 70.9 Å². The highest BCUT2D eigenvalue weighted by molar-refractivity contribution is 5.94. The number of halogens is 1. The van der Waals surface area contributed by atoms with Crippen LogP contribution in [0.2, 0.25) is 0 Å². The smallest absolute Gasteiger partial charge is 0.251 e. The summed E-state index contributed by atoms with van der Waals surface area (Å²) in [6.07, 6.45) is 1.88. The third kappa shape index (κ3) is 3.96. The molecule has 30 heavy (non-hydrogen) atoms. The molecule has 4 rings (SSSR count). The first-order chi connectivity index (χ1) is 14.4. The van der Waals surface area contributed by atoms with E-state index < -0.39 is 0 Å². The van der Waals surface area contributed by atoms with Crippen LogP contribution in [0.15, 0.2) is 42.6 Å². The SMILES string of the molecule is COc1cccc(C(=O)NC[C@H]2Cc3cc(F)cc(-c4nc(C)cnc4C)c3O2)c1. The zero-order valence-corrected chi connectivity index (χ0v) is 17.0. The summed E-state index contributed by atoms with van der Waals surface area (Å²) in [5.74, 6) is 0.637. The van der Waals surface area contributed by atoms with Crippen molar-refractivity contribution >= 4 is 5.91 Å². The maximum Gasteiger partial charge on any atom is 0.251 e. The fraction of sp³-hybridized carbons (Fsp3) is 0.261. The van der Waals surface area contributed by atoms with Gasteiger partial charge in [-0.3, -0.25) is 9.78 Å². The molecule has 6 nitrogen and oxygen atoms in total. The molecule has 0 fully saturated rings. The van der Waals surface area contributed by atoms with Crippen molar-refractivity contribution in [3.8, 4) is 22.8 Å². The Labute approximate surface area is 174 Å². The first kappa shape index (κ1) is 19.8. The summed E-state index contributed by atoms with van der Waals surface area (Å²) in [6, 6.07) is 9.82. The highest BCUT2D eigenvalue weighted by Gasteiger charge is 2.28. The molecule has 0 aliphatic carbocycles. The number of ether oxygens (including phenoxy) is 2. The van der Waals surface area contributed by atoms with Crippen LogP contribution in [0.5, 0.6) is 11.5 Å². The van der Waals surface area contributed by atoms with Crippen LogP contribution in [0.3, 0.4) is 0 Å². The van der Waals surface area contributed by atoms with E-state index >= 15 is 0 Å². The third-order valence-corrected chi connectivity index (χ3v) is 5.02. The largest absolute Gasteiger partial charge is 0.497 e. The number of nitrogens with zero attached hydrogens (tertiary/aromatic N) is 2. The molecule has 0 radical (unpaired) electrons. The Morgan fingerprint density at radius 2 is 2.13 bits per heavy atom. The molecule has 0 saturated heterocycles. The van der Waals surface area contributed by atoms with Crippen LogP contribution >= 0.6 is 0 Å². The van der Waals surface area contributed by atoms with Gasteiger partial charge in [0.2, 0.25) is 0 Å². The zero-order chi connectivity index (χ0) is 21.3. The van der Waals surface area contributed by atoms with Gasteiger partial charge in [-0.05, 0) is 44.2 Å². The van der Waals surface area contributed by atoms with Crippen molar-refractivity contribution in [1.82, 2.24) is 15.3 Å². The summed E-state index contributed by atoms with van der Waals surface area (Å²) >= 11 is 0. The lowest BCUT2D eigenvalue weighted by Gasteiger charge is -2.14. The predicted molar refractivity (Wildman–Crippen MR) is 110 cm³/mol. The number of carbonyl (C=O) groups excluding carboxylic acids is 1. The first-order valence-electron chi connectivity index (χ1n) is 9.66. The zero-order valence-electron chi connectivity index (χ0n) is 17.0. The van der Waals surface area contributed by atoms with Gasteiger partial charge in [-0.1, -0.05) is 6.07 Å². The molecule has 1 amide bonds. The molecule has 0 bridgehead atoms. The fourth-order valence-corrected chi connectivity index (χ4v) is 3.55. The second-order valence-corrected chi connectivity index (χ2v) is 7.27. The second-order valence-electron chi connectivity index (χ2n) is 7.27. The molecule has 0 saturated carbocycles. The molecule has 3 aromatic rings. The standard InChI is InChI=1S/C23H22FN3O3/c1-13-11-25-14(2)21(27-13)20-10-17(24)7-16-9-19(30-22(16)20)12-26-23(28)15-5-4-6-18(8-15)29-3/h4-8,10-11,19H,9,12H2,1-3H3,(H,26,28)/t19-/m1/s1. The van der Waals surface area contributed by atoms with Crippen LogP contribution in [0.1, 0.15) is 27.3 Å². The van der Waals surface area contributed by atoms with Crippen LogP contribution in [-0.4, -0.2) is 35.6 Å². The van der Waals surface area contributed by atoms with E-state index in [0.29, 0.717) is 47.0 Å². The summed E-state index contributed by atoms with van der Waals surface area (Å²) in [7, 11) is 1.55. The van der Waals surface area contributed by atoms with E-state index in [1.54, 1.807) is 37.6 Å². The third-order valence-electron chi connectivity index (χ3n) is 5.02. The number of amides is 1. The number of benzene rings is 2. The number of fused-ring (bicyclic) bond motifs is 1. The minimum atomic E-state index is -0.351. The number of hydrogen-bond donors (Lipinski definition) is 1. The van der Waals surface area contributed by atoms with Gasteiger partial charge in [0.05, 0.1) is 30.7 Å². The maximum atomic E-state index is 14.3. The van der Waals surface area contributed by atoms with E-state index in [1.165, 1.54) is 12.1 Å². The molecule has 1 aromatic heterocycles. The maximum absolute atomic E-state index is 14.3. The molecule has 2 heterocycles. The number of carbonyl (C=O) groups is 1. The average Bonchev–Trinajstić information content (AvgIpc) is 3.16. The van der Waals surface area contributed by atoms with Gasteiger partial charge in [-0.2, -0.15) is 0 Å². The normalized spacial score (nSPS) is 14.7. The molecular weight excluding hydrogens is 385 g/mol. The summed E-state index contributed by atoms with van der Waals surface area (Å²) in [4.78, 5) is 21.3. The van der Waals surface area contributed by atoms with Crippen LogP contribution in [0.4, 0.5) is 4.39 Å². The molecular formula is C23H22FN3O3. The molecule has 2 aromatic carbocycles. The number of nitrogens with one attached hydrogen (secondary N) is 1. The van der Waals surface area contributed by atoms with E-state index in [1.807, 2.05) is 13.8 Å². The van der Waals surface area contributed by atoms with Gasteiger partial charge in [-0.25, -0.2) is 9.37 Å². The highest BCUT2D eigenvalue weighted by atomic mass is 19.1. The van der Waals surface area contributed by atoms with E-state index in [4.69, 9.17) is 9.47 Å². The second kappa shape index (κ2) is 8.10. The summed E-state index contributed by atoms with van der Waals surface area (Å²) < 4.78 is 25.5. The minimum Gasteiger partial charge on any atom is -0.497 e. The molecule has 1 atom stereocenters. The Hall–Kier alpha value is -3.48. The lowest BCUT2D eigenvalue weighted by molar-refractivity contribution is 0.0933. The molecule has 1 N–H and O–H groups in total. The molecule has 7 heteroatoms. The average molecular weight is 407 g/mol.